The molecule has 0 aliphatic carbocycles. The number of aryl methyl sites for hydroxylation is 2. The average Bonchev–Trinajstić information content (AvgIpc) is 3.23. The highest BCUT2D eigenvalue weighted by Crippen LogP contribution is 2.28. The fraction of sp³-hybridized carbons (Fsp3) is 0.304. The van der Waals surface area contributed by atoms with Gasteiger partial charge in [-0.1, -0.05) is 43.6 Å². The molecule has 9 heteroatoms. The maximum absolute atomic E-state index is 12.9. The number of rotatable bonds is 9. The van der Waals surface area contributed by atoms with Crippen LogP contribution in [-0.4, -0.2) is 36.7 Å². The van der Waals surface area contributed by atoms with Crippen LogP contribution in [0.3, 0.4) is 0 Å². The number of nitrogens with one attached hydrogen (secondary N) is 1. The summed E-state index contributed by atoms with van der Waals surface area (Å²) < 4.78 is 32.9. The molecular formula is C23H26ClN3O4S. The van der Waals surface area contributed by atoms with Crippen molar-refractivity contribution in [3.63, 3.8) is 0 Å². The van der Waals surface area contributed by atoms with Gasteiger partial charge in [0.15, 0.2) is 11.7 Å². The molecule has 32 heavy (non-hydrogen) atoms. The van der Waals surface area contributed by atoms with E-state index in [0.717, 1.165) is 5.56 Å². The Hall–Kier alpha value is -2.68. The molecule has 0 radical (unpaired) electrons. The molecule has 0 fully saturated rings. The molecule has 0 saturated carbocycles. The van der Waals surface area contributed by atoms with Crippen molar-refractivity contribution in [1.29, 1.82) is 0 Å². The largest absolute Gasteiger partial charge is 0.441 e. The minimum atomic E-state index is -3.63. The molecule has 1 N–H and O–H groups in total. The first kappa shape index (κ1) is 24.0. The van der Waals surface area contributed by atoms with Gasteiger partial charge >= 0.3 is 0 Å². The van der Waals surface area contributed by atoms with Crippen molar-refractivity contribution in [3.8, 4) is 11.3 Å². The average molecular weight is 476 g/mol. The van der Waals surface area contributed by atoms with Crippen LogP contribution in [0.2, 0.25) is 5.02 Å². The van der Waals surface area contributed by atoms with Gasteiger partial charge in [-0.15, -0.1) is 0 Å². The highest BCUT2D eigenvalue weighted by atomic mass is 35.5. The minimum Gasteiger partial charge on any atom is -0.441 e. The van der Waals surface area contributed by atoms with Gasteiger partial charge in [0.2, 0.25) is 15.9 Å². The smallest absolute Gasteiger partial charge is 0.243 e. The summed E-state index contributed by atoms with van der Waals surface area (Å²) in [4.78, 5) is 16.9. The predicted octanol–water partition coefficient (Wildman–Crippen LogP) is 4.91. The monoisotopic (exact) mass is 475 g/mol. The molecule has 0 aliphatic rings. The maximum atomic E-state index is 12.9. The van der Waals surface area contributed by atoms with Crippen LogP contribution in [0.25, 0.3) is 11.3 Å². The number of nitrogens with zero attached hydrogens (tertiary/aromatic N) is 2. The molecule has 3 aromatic rings. The van der Waals surface area contributed by atoms with E-state index in [4.69, 9.17) is 16.0 Å². The van der Waals surface area contributed by atoms with E-state index in [1.54, 1.807) is 45.2 Å². The third kappa shape index (κ3) is 5.38. The van der Waals surface area contributed by atoms with Crippen molar-refractivity contribution in [2.75, 3.05) is 18.4 Å². The van der Waals surface area contributed by atoms with Crippen molar-refractivity contribution >= 4 is 33.2 Å². The highest BCUT2D eigenvalue weighted by molar-refractivity contribution is 7.89. The second kappa shape index (κ2) is 10.3. The lowest BCUT2D eigenvalue weighted by Crippen LogP contribution is -2.31. The fourth-order valence-corrected chi connectivity index (χ4v) is 5.25. The number of sulfonamides is 1. The lowest BCUT2D eigenvalue weighted by atomic mass is 10.2. The van der Waals surface area contributed by atoms with Gasteiger partial charge in [-0.25, -0.2) is 13.4 Å². The molecule has 0 aliphatic heterocycles. The summed E-state index contributed by atoms with van der Waals surface area (Å²) in [5, 5.41) is 3.32. The zero-order valence-corrected chi connectivity index (χ0v) is 19.8. The second-order valence-electron chi connectivity index (χ2n) is 7.22. The number of amides is 1. The molecule has 1 aromatic heterocycles. The van der Waals surface area contributed by atoms with Crippen LogP contribution in [0, 0.1) is 6.92 Å². The van der Waals surface area contributed by atoms with E-state index in [1.165, 1.54) is 10.4 Å². The highest BCUT2D eigenvalue weighted by Gasteiger charge is 2.24. The van der Waals surface area contributed by atoms with Crippen LogP contribution in [-0.2, 0) is 21.2 Å². The Morgan fingerprint density at radius 3 is 2.56 bits per heavy atom. The van der Waals surface area contributed by atoms with E-state index in [0.29, 0.717) is 47.4 Å². The summed E-state index contributed by atoms with van der Waals surface area (Å²) in [5.74, 6) is 0.692. The SMILES string of the molecule is CCN(CC)S(=O)(=O)c1cc(NC(=O)CCc2ncc(-c3ccccc3Cl)o2)ccc1C. The Morgan fingerprint density at radius 2 is 1.88 bits per heavy atom. The molecule has 7 nitrogen and oxygen atoms in total. The van der Waals surface area contributed by atoms with Gasteiger partial charge in [0.1, 0.15) is 0 Å². The Bertz CT molecular complexity index is 1200. The lowest BCUT2D eigenvalue weighted by molar-refractivity contribution is -0.116. The number of hydrogen-bond acceptors (Lipinski definition) is 5. The lowest BCUT2D eigenvalue weighted by Gasteiger charge is -2.20. The van der Waals surface area contributed by atoms with E-state index in [-0.39, 0.29) is 17.2 Å². The molecule has 0 saturated heterocycles. The Morgan fingerprint density at radius 1 is 1.16 bits per heavy atom. The molecule has 1 heterocycles. The van der Waals surface area contributed by atoms with E-state index in [2.05, 4.69) is 10.3 Å². The topological polar surface area (TPSA) is 92.5 Å². The van der Waals surface area contributed by atoms with Crippen molar-refractivity contribution in [2.24, 2.45) is 0 Å². The number of halogens is 1. The summed E-state index contributed by atoms with van der Waals surface area (Å²) in [6.45, 7) is 6.08. The number of benzene rings is 2. The normalized spacial score (nSPS) is 11.7. The number of aromatic nitrogens is 1. The summed E-state index contributed by atoms with van der Waals surface area (Å²) in [5.41, 5.74) is 1.79. The van der Waals surface area contributed by atoms with Crippen LogP contribution in [0.1, 0.15) is 31.7 Å². The number of anilines is 1. The van der Waals surface area contributed by atoms with Gasteiger partial charge in [0.25, 0.3) is 0 Å². The van der Waals surface area contributed by atoms with E-state index in [1.807, 2.05) is 18.2 Å². The zero-order chi connectivity index (χ0) is 23.3. The van der Waals surface area contributed by atoms with Crippen LogP contribution in [0.4, 0.5) is 5.69 Å². The third-order valence-electron chi connectivity index (χ3n) is 5.05. The first-order chi connectivity index (χ1) is 15.3. The first-order valence-electron chi connectivity index (χ1n) is 10.4. The molecule has 1 amide bonds. The van der Waals surface area contributed by atoms with Gasteiger partial charge in [-0.2, -0.15) is 4.31 Å². The van der Waals surface area contributed by atoms with Crippen molar-refractivity contribution in [1.82, 2.24) is 9.29 Å². The Labute approximate surface area is 193 Å². The van der Waals surface area contributed by atoms with Crippen LogP contribution < -0.4 is 5.32 Å². The zero-order valence-electron chi connectivity index (χ0n) is 18.3. The summed E-state index contributed by atoms with van der Waals surface area (Å²) >= 11 is 6.18. The molecule has 0 spiro atoms. The fourth-order valence-electron chi connectivity index (χ4n) is 3.31. The van der Waals surface area contributed by atoms with Crippen molar-refractivity contribution in [3.05, 3.63) is 65.1 Å². The maximum Gasteiger partial charge on any atom is 0.243 e. The Balaban J connectivity index is 1.67. The van der Waals surface area contributed by atoms with Crippen molar-refractivity contribution in [2.45, 2.75) is 38.5 Å². The minimum absolute atomic E-state index is 0.133. The van der Waals surface area contributed by atoms with E-state index < -0.39 is 10.0 Å². The standard InChI is InChI=1S/C23H26ClN3O4S/c1-4-27(5-2)32(29,30)21-14-17(11-10-16(21)3)26-22(28)12-13-23-25-15-20(31-23)18-8-6-7-9-19(18)24/h6-11,14-15H,4-5,12-13H2,1-3H3,(H,26,28). The molecular weight excluding hydrogens is 450 g/mol. The number of carbonyl (C=O) groups is 1. The van der Waals surface area contributed by atoms with Gasteiger partial charge in [0, 0.05) is 37.2 Å². The third-order valence-corrected chi connectivity index (χ3v) is 7.58. The van der Waals surface area contributed by atoms with Crippen LogP contribution >= 0.6 is 11.6 Å². The molecule has 2 aromatic carbocycles. The molecule has 0 bridgehead atoms. The number of hydrogen-bond donors (Lipinski definition) is 1. The quantitative estimate of drug-likeness (QED) is 0.475. The molecule has 3 rings (SSSR count). The van der Waals surface area contributed by atoms with Crippen LogP contribution in [0.15, 0.2) is 58.0 Å². The molecule has 0 atom stereocenters. The summed E-state index contributed by atoms with van der Waals surface area (Å²) in [6.07, 6.45) is 2.01. The number of oxazole rings is 1. The summed E-state index contributed by atoms with van der Waals surface area (Å²) in [7, 11) is -3.63. The van der Waals surface area contributed by atoms with Gasteiger partial charge in [-0.05, 0) is 36.8 Å². The van der Waals surface area contributed by atoms with E-state index in [9.17, 15) is 13.2 Å². The predicted molar refractivity (Wildman–Crippen MR) is 125 cm³/mol. The van der Waals surface area contributed by atoms with E-state index >= 15 is 0 Å². The van der Waals surface area contributed by atoms with Gasteiger partial charge in [-0.3, -0.25) is 4.79 Å². The van der Waals surface area contributed by atoms with Crippen LogP contribution in [0.5, 0.6) is 0 Å². The molecule has 170 valence electrons. The van der Waals surface area contributed by atoms with Gasteiger partial charge in [0.05, 0.1) is 16.1 Å². The van der Waals surface area contributed by atoms with Gasteiger partial charge < -0.3 is 9.73 Å². The Kier molecular flexibility index (Phi) is 7.71. The summed E-state index contributed by atoms with van der Waals surface area (Å²) in [6, 6.07) is 12.2. The first-order valence-corrected chi connectivity index (χ1v) is 12.2. The number of carbonyl (C=O) groups excluding carboxylic acids is 1. The molecule has 0 unspecified atom stereocenters. The van der Waals surface area contributed by atoms with Crippen molar-refractivity contribution < 1.29 is 17.6 Å². The second-order valence-corrected chi connectivity index (χ2v) is 9.53.